The van der Waals surface area contributed by atoms with Crippen LogP contribution >= 0.6 is 28.3 Å². The molecule has 19 heavy (non-hydrogen) atoms. The van der Waals surface area contributed by atoms with E-state index < -0.39 is 6.04 Å². The molecule has 1 aromatic carbocycles. The third kappa shape index (κ3) is 4.37. The van der Waals surface area contributed by atoms with Gasteiger partial charge in [-0.3, -0.25) is 4.79 Å². The van der Waals surface area contributed by atoms with Crippen LogP contribution in [0.15, 0.2) is 28.7 Å². The summed E-state index contributed by atoms with van der Waals surface area (Å²) >= 11 is 3.43. The topological polar surface area (TPSA) is 58.4 Å². The van der Waals surface area contributed by atoms with Gasteiger partial charge < -0.3 is 16.0 Å². The average molecular weight is 349 g/mol. The number of carbonyl (C=O) groups is 1. The predicted molar refractivity (Wildman–Crippen MR) is 83.8 cm³/mol. The number of carbonyl (C=O) groups excluding carboxylic acids is 1. The maximum Gasteiger partial charge on any atom is 0.236 e. The molecule has 0 radical (unpaired) electrons. The van der Waals surface area contributed by atoms with Crippen LogP contribution in [0.5, 0.6) is 0 Å². The monoisotopic (exact) mass is 347 g/mol. The van der Waals surface area contributed by atoms with Crippen LogP contribution in [0.2, 0.25) is 0 Å². The molecule has 3 N–H and O–H groups in total. The lowest BCUT2D eigenvalue weighted by atomic mass is 10.2. The van der Waals surface area contributed by atoms with E-state index >= 15 is 0 Å². The summed E-state index contributed by atoms with van der Waals surface area (Å²) in [7, 11) is 0. The molecule has 1 aliphatic heterocycles. The van der Waals surface area contributed by atoms with Crippen molar-refractivity contribution in [1.82, 2.24) is 5.32 Å². The van der Waals surface area contributed by atoms with E-state index in [1.807, 2.05) is 12.1 Å². The lowest BCUT2D eigenvalue weighted by Crippen LogP contribution is -2.44. The highest BCUT2D eigenvalue weighted by Gasteiger charge is 2.24. The number of hydrogen-bond acceptors (Lipinski definition) is 3. The van der Waals surface area contributed by atoms with E-state index in [-0.39, 0.29) is 24.4 Å². The minimum absolute atomic E-state index is 0. The zero-order valence-electron chi connectivity index (χ0n) is 10.8. The fourth-order valence-electron chi connectivity index (χ4n) is 2.10. The van der Waals surface area contributed by atoms with Crippen molar-refractivity contribution in [3.8, 4) is 0 Å². The van der Waals surface area contributed by atoms with Gasteiger partial charge >= 0.3 is 0 Å². The Morgan fingerprint density at radius 2 is 2.11 bits per heavy atom. The van der Waals surface area contributed by atoms with Gasteiger partial charge in [0.1, 0.15) is 0 Å². The van der Waals surface area contributed by atoms with Gasteiger partial charge in [0.25, 0.3) is 0 Å². The molecule has 1 saturated heterocycles. The second-order valence-corrected chi connectivity index (χ2v) is 5.62. The molecule has 1 heterocycles. The number of rotatable bonds is 3. The van der Waals surface area contributed by atoms with Crippen LogP contribution in [-0.2, 0) is 4.79 Å². The molecule has 0 saturated carbocycles. The van der Waals surface area contributed by atoms with E-state index in [0.29, 0.717) is 0 Å². The number of nitrogens with zero attached hydrogens (tertiary/aromatic N) is 1. The average Bonchev–Trinajstić information content (AvgIpc) is 2.78. The molecule has 4 nitrogen and oxygen atoms in total. The second-order valence-electron chi connectivity index (χ2n) is 4.71. The maximum atomic E-state index is 11.5. The number of nitrogens with one attached hydrogen (secondary N) is 1. The summed E-state index contributed by atoms with van der Waals surface area (Å²) in [4.78, 5) is 13.8. The highest BCUT2D eigenvalue weighted by atomic mass is 79.9. The molecule has 1 fully saturated rings. The summed E-state index contributed by atoms with van der Waals surface area (Å²) in [6.07, 6.45) is 0.967. The van der Waals surface area contributed by atoms with Gasteiger partial charge in [0, 0.05) is 29.3 Å². The lowest BCUT2D eigenvalue weighted by molar-refractivity contribution is -0.122. The van der Waals surface area contributed by atoms with Crippen molar-refractivity contribution in [3.63, 3.8) is 0 Å². The van der Waals surface area contributed by atoms with Gasteiger partial charge in [-0.1, -0.05) is 15.9 Å². The van der Waals surface area contributed by atoms with Crippen molar-refractivity contribution in [2.45, 2.75) is 25.4 Å². The Morgan fingerprint density at radius 3 is 2.68 bits per heavy atom. The van der Waals surface area contributed by atoms with Crippen LogP contribution < -0.4 is 16.0 Å². The highest BCUT2D eigenvalue weighted by molar-refractivity contribution is 9.10. The fraction of sp³-hybridized carbons (Fsp3) is 0.462. The quantitative estimate of drug-likeness (QED) is 0.877. The Hall–Kier alpha value is -0.780. The van der Waals surface area contributed by atoms with Crippen LogP contribution in [0.3, 0.4) is 0 Å². The first-order valence-corrected chi connectivity index (χ1v) is 6.92. The Bertz CT molecular complexity index is 424. The standard InChI is InChI=1S/C13H18BrN3O.ClH/c1-9(15)13(18)16-11-6-7-17(8-11)12-4-2-10(14)3-5-12;/h2-5,9,11H,6-8,15H2,1H3,(H,16,18);1H. The van der Waals surface area contributed by atoms with Gasteiger partial charge in [-0.2, -0.15) is 0 Å². The molecular formula is C13H19BrClN3O. The smallest absolute Gasteiger partial charge is 0.236 e. The van der Waals surface area contributed by atoms with Gasteiger partial charge in [-0.15, -0.1) is 12.4 Å². The number of hydrogen-bond donors (Lipinski definition) is 2. The molecule has 106 valence electrons. The van der Waals surface area contributed by atoms with Crippen LogP contribution in [0.1, 0.15) is 13.3 Å². The predicted octanol–water partition coefficient (Wildman–Crippen LogP) is 1.91. The van der Waals surface area contributed by atoms with E-state index in [1.165, 1.54) is 5.69 Å². The normalized spacial score (nSPS) is 19.7. The summed E-state index contributed by atoms with van der Waals surface area (Å²) < 4.78 is 1.08. The van der Waals surface area contributed by atoms with E-state index in [2.05, 4.69) is 38.3 Å². The number of halogens is 2. The SMILES string of the molecule is CC(N)C(=O)NC1CCN(c2ccc(Br)cc2)C1.Cl. The van der Waals surface area contributed by atoms with Crippen molar-refractivity contribution in [2.75, 3.05) is 18.0 Å². The van der Waals surface area contributed by atoms with Crippen LogP contribution in [0.25, 0.3) is 0 Å². The van der Waals surface area contributed by atoms with Crippen molar-refractivity contribution >= 4 is 39.9 Å². The molecule has 2 atom stereocenters. The van der Waals surface area contributed by atoms with Crippen LogP contribution in [-0.4, -0.2) is 31.1 Å². The molecule has 0 aromatic heterocycles. The van der Waals surface area contributed by atoms with E-state index in [1.54, 1.807) is 6.92 Å². The number of anilines is 1. The number of benzene rings is 1. The van der Waals surface area contributed by atoms with Crippen molar-refractivity contribution in [2.24, 2.45) is 5.73 Å². The molecule has 2 unspecified atom stereocenters. The zero-order valence-corrected chi connectivity index (χ0v) is 13.2. The highest BCUT2D eigenvalue weighted by Crippen LogP contribution is 2.22. The molecule has 1 amide bonds. The summed E-state index contributed by atoms with van der Waals surface area (Å²) in [6, 6.07) is 7.99. The lowest BCUT2D eigenvalue weighted by Gasteiger charge is -2.19. The molecule has 6 heteroatoms. The first-order valence-electron chi connectivity index (χ1n) is 6.13. The van der Waals surface area contributed by atoms with Crippen molar-refractivity contribution in [1.29, 1.82) is 0 Å². The van der Waals surface area contributed by atoms with Crippen molar-refractivity contribution in [3.05, 3.63) is 28.7 Å². The molecule has 1 aromatic rings. The van der Waals surface area contributed by atoms with E-state index in [0.717, 1.165) is 24.0 Å². The maximum absolute atomic E-state index is 11.5. The Balaban J connectivity index is 0.00000180. The summed E-state index contributed by atoms with van der Waals surface area (Å²) in [5.74, 6) is -0.0716. The third-order valence-electron chi connectivity index (χ3n) is 3.14. The van der Waals surface area contributed by atoms with Gasteiger partial charge in [-0.05, 0) is 37.6 Å². The molecular weight excluding hydrogens is 330 g/mol. The van der Waals surface area contributed by atoms with Gasteiger partial charge in [0.15, 0.2) is 0 Å². The minimum atomic E-state index is -0.438. The fourth-order valence-corrected chi connectivity index (χ4v) is 2.36. The van der Waals surface area contributed by atoms with Crippen molar-refractivity contribution < 1.29 is 4.79 Å². The summed E-state index contributed by atoms with van der Waals surface area (Å²) in [5.41, 5.74) is 6.74. The first kappa shape index (κ1) is 16.3. The first-order chi connectivity index (χ1) is 8.56. The largest absolute Gasteiger partial charge is 0.369 e. The second kappa shape index (κ2) is 7.12. The molecule has 0 aliphatic carbocycles. The molecule has 2 rings (SSSR count). The Labute approximate surface area is 128 Å². The van der Waals surface area contributed by atoms with Gasteiger partial charge in [0.05, 0.1) is 6.04 Å². The van der Waals surface area contributed by atoms with Crippen LogP contribution in [0.4, 0.5) is 5.69 Å². The zero-order chi connectivity index (χ0) is 13.1. The number of amides is 1. The molecule has 1 aliphatic rings. The van der Waals surface area contributed by atoms with Crippen LogP contribution in [0, 0.1) is 0 Å². The minimum Gasteiger partial charge on any atom is -0.369 e. The van der Waals surface area contributed by atoms with Gasteiger partial charge in [0.2, 0.25) is 5.91 Å². The van der Waals surface area contributed by atoms with Gasteiger partial charge in [-0.25, -0.2) is 0 Å². The number of nitrogens with two attached hydrogens (primary N) is 1. The molecule has 0 spiro atoms. The molecule has 0 bridgehead atoms. The summed E-state index contributed by atoms with van der Waals surface area (Å²) in [6.45, 7) is 3.52. The summed E-state index contributed by atoms with van der Waals surface area (Å²) in [5, 5.41) is 2.97. The Morgan fingerprint density at radius 1 is 1.47 bits per heavy atom. The Kier molecular flexibility index (Phi) is 6.10. The van der Waals surface area contributed by atoms with E-state index in [4.69, 9.17) is 5.73 Å². The van der Waals surface area contributed by atoms with E-state index in [9.17, 15) is 4.79 Å². The third-order valence-corrected chi connectivity index (χ3v) is 3.67.